The Kier molecular flexibility index (Phi) is 4.99. The summed E-state index contributed by atoms with van der Waals surface area (Å²) in [5, 5.41) is 2.20. The lowest BCUT2D eigenvalue weighted by Crippen LogP contribution is -2.29. The van der Waals surface area contributed by atoms with Crippen LogP contribution in [0.5, 0.6) is 5.75 Å². The Bertz CT molecular complexity index is 1090. The van der Waals surface area contributed by atoms with E-state index in [-0.39, 0.29) is 4.90 Å². The molecule has 28 heavy (non-hydrogen) atoms. The van der Waals surface area contributed by atoms with Crippen molar-refractivity contribution in [2.24, 2.45) is 0 Å². The summed E-state index contributed by atoms with van der Waals surface area (Å²) in [6, 6.07) is 13.0. The van der Waals surface area contributed by atoms with Crippen molar-refractivity contribution in [1.82, 2.24) is 4.98 Å². The highest BCUT2D eigenvalue weighted by Crippen LogP contribution is 2.34. The molecule has 0 saturated heterocycles. The van der Waals surface area contributed by atoms with Crippen LogP contribution in [0.15, 0.2) is 52.7 Å². The molecule has 1 aromatic heterocycles. The van der Waals surface area contributed by atoms with Gasteiger partial charge in [-0.15, -0.1) is 11.3 Å². The summed E-state index contributed by atoms with van der Waals surface area (Å²) in [5.74, 6) is 0.694. The molecule has 0 spiro atoms. The predicted molar refractivity (Wildman–Crippen MR) is 113 cm³/mol. The number of hydrogen-bond donors (Lipinski definition) is 1. The van der Waals surface area contributed by atoms with Gasteiger partial charge in [-0.25, -0.2) is 13.4 Å². The van der Waals surface area contributed by atoms with E-state index in [1.54, 1.807) is 18.2 Å². The molecule has 4 rings (SSSR count). The lowest BCUT2D eigenvalue weighted by Gasteiger charge is -2.27. The van der Waals surface area contributed by atoms with Gasteiger partial charge in [-0.3, -0.25) is 4.72 Å². The molecule has 0 amide bonds. The fourth-order valence-corrected chi connectivity index (χ4v) is 5.03. The van der Waals surface area contributed by atoms with E-state index in [1.807, 2.05) is 29.5 Å². The normalized spacial score (nSPS) is 13.7. The number of thiazole rings is 1. The van der Waals surface area contributed by atoms with Crippen LogP contribution < -0.4 is 14.4 Å². The molecule has 2 heterocycles. The maximum absolute atomic E-state index is 12.8. The maximum atomic E-state index is 12.8. The molecule has 2 aromatic carbocycles. The first-order valence-electron chi connectivity index (χ1n) is 9.02. The summed E-state index contributed by atoms with van der Waals surface area (Å²) < 4.78 is 33.8. The van der Waals surface area contributed by atoms with Gasteiger partial charge in [0, 0.05) is 18.0 Å². The molecule has 0 saturated carbocycles. The summed E-state index contributed by atoms with van der Waals surface area (Å²) in [4.78, 5) is 6.62. The first-order valence-corrected chi connectivity index (χ1v) is 11.4. The molecule has 0 bridgehead atoms. The lowest BCUT2D eigenvalue weighted by atomic mass is 10.1. The van der Waals surface area contributed by atoms with Crippen LogP contribution in [0, 0.1) is 0 Å². The minimum Gasteiger partial charge on any atom is -0.490 e. The largest absolute Gasteiger partial charge is 0.490 e. The van der Waals surface area contributed by atoms with E-state index in [0.717, 1.165) is 29.9 Å². The first-order chi connectivity index (χ1) is 13.5. The van der Waals surface area contributed by atoms with E-state index >= 15 is 0 Å². The van der Waals surface area contributed by atoms with E-state index in [0.29, 0.717) is 17.5 Å². The first kappa shape index (κ1) is 18.8. The van der Waals surface area contributed by atoms with Crippen LogP contribution in [0.25, 0.3) is 11.3 Å². The van der Waals surface area contributed by atoms with Gasteiger partial charge in [-0.2, -0.15) is 0 Å². The van der Waals surface area contributed by atoms with Crippen molar-refractivity contribution in [3.63, 3.8) is 0 Å². The standard InChI is InChI=1S/C20H21N3O3S2/c1-3-14-4-6-15(7-5-14)17-13-27-20(21-17)22-28(24,25)16-8-9-19-18(12-16)23(2)10-11-26-19/h4-9,12-13H,3,10-11H2,1-2H3,(H,21,22). The van der Waals surface area contributed by atoms with Crippen LogP contribution >= 0.6 is 11.3 Å². The Morgan fingerprint density at radius 3 is 2.75 bits per heavy atom. The Hall–Kier alpha value is -2.58. The number of nitrogens with zero attached hydrogens (tertiary/aromatic N) is 2. The highest BCUT2D eigenvalue weighted by Gasteiger charge is 2.22. The number of anilines is 2. The van der Waals surface area contributed by atoms with Crippen LogP contribution in [0.2, 0.25) is 0 Å². The van der Waals surface area contributed by atoms with Crippen molar-refractivity contribution in [2.45, 2.75) is 18.2 Å². The number of hydrogen-bond acceptors (Lipinski definition) is 6. The minimum atomic E-state index is -3.73. The smallest absolute Gasteiger partial charge is 0.263 e. The van der Waals surface area contributed by atoms with Crippen LogP contribution in [0.4, 0.5) is 10.8 Å². The molecule has 1 aliphatic heterocycles. The summed E-state index contributed by atoms with van der Waals surface area (Å²) in [6.07, 6.45) is 0.976. The Morgan fingerprint density at radius 2 is 2.00 bits per heavy atom. The van der Waals surface area contributed by atoms with Gasteiger partial charge in [-0.05, 0) is 30.2 Å². The molecule has 1 N–H and O–H groups in total. The quantitative estimate of drug-likeness (QED) is 0.682. The number of rotatable bonds is 5. The summed E-state index contributed by atoms with van der Waals surface area (Å²) in [7, 11) is -1.82. The monoisotopic (exact) mass is 415 g/mol. The van der Waals surface area contributed by atoms with Crippen molar-refractivity contribution in [2.75, 3.05) is 29.8 Å². The number of fused-ring (bicyclic) bond motifs is 1. The van der Waals surface area contributed by atoms with Gasteiger partial charge in [0.2, 0.25) is 0 Å². The number of nitrogens with one attached hydrogen (secondary N) is 1. The Labute approximate surface area is 168 Å². The molecule has 6 nitrogen and oxygen atoms in total. The third kappa shape index (κ3) is 3.70. The van der Waals surface area contributed by atoms with Crippen molar-refractivity contribution in [1.29, 1.82) is 0 Å². The second-order valence-corrected chi connectivity index (χ2v) is 9.13. The molecular weight excluding hydrogens is 394 g/mol. The van der Waals surface area contributed by atoms with Crippen molar-refractivity contribution < 1.29 is 13.2 Å². The summed E-state index contributed by atoms with van der Waals surface area (Å²) in [5.41, 5.74) is 3.74. The lowest BCUT2D eigenvalue weighted by molar-refractivity contribution is 0.311. The van der Waals surface area contributed by atoms with E-state index < -0.39 is 10.0 Å². The molecule has 0 atom stereocenters. The zero-order chi connectivity index (χ0) is 19.7. The summed E-state index contributed by atoms with van der Waals surface area (Å²) in [6.45, 7) is 3.42. The number of aryl methyl sites for hydroxylation is 1. The molecule has 1 aliphatic rings. The molecule has 146 valence electrons. The number of benzene rings is 2. The van der Waals surface area contributed by atoms with Gasteiger partial charge in [0.25, 0.3) is 10.0 Å². The topological polar surface area (TPSA) is 71.5 Å². The molecule has 0 aliphatic carbocycles. The zero-order valence-electron chi connectivity index (χ0n) is 15.7. The summed E-state index contributed by atoms with van der Waals surface area (Å²) >= 11 is 1.27. The Balaban J connectivity index is 1.57. The number of sulfonamides is 1. The van der Waals surface area contributed by atoms with Gasteiger partial charge in [0.05, 0.1) is 22.8 Å². The molecule has 0 radical (unpaired) electrons. The molecule has 3 aromatic rings. The van der Waals surface area contributed by atoms with Crippen molar-refractivity contribution in [3.8, 4) is 17.0 Å². The molecule has 8 heteroatoms. The maximum Gasteiger partial charge on any atom is 0.263 e. The van der Waals surface area contributed by atoms with Crippen LogP contribution in [-0.2, 0) is 16.4 Å². The highest BCUT2D eigenvalue weighted by atomic mass is 32.2. The van der Waals surface area contributed by atoms with Gasteiger partial charge >= 0.3 is 0 Å². The van der Waals surface area contributed by atoms with Crippen LogP contribution in [0.3, 0.4) is 0 Å². The van der Waals surface area contributed by atoms with Gasteiger partial charge in [0.1, 0.15) is 12.4 Å². The van der Waals surface area contributed by atoms with Gasteiger partial charge < -0.3 is 9.64 Å². The predicted octanol–water partition coefficient (Wildman–Crippen LogP) is 4.00. The minimum absolute atomic E-state index is 0.188. The zero-order valence-corrected chi connectivity index (χ0v) is 17.3. The van der Waals surface area contributed by atoms with Gasteiger partial charge in [-0.1, -0.05) is 31.2 Å². The molecular formula is C20H21N3O3S2. The second-order valence-electron chi connectivity index (χ2n) is 6.59. The fourth-order valence-electron chi connectivity index (χ4n) is 3.04. The van der Waals surface area contributed by atoms with E-state index in [9.17, 15) is 8.42 Å². The molecule has 0 fully saturated rings. The van der Waals surface area contributed by atoms with Crippen LogP contribution in [0.1, 0.15) is 12.5 Å². The number of ether oxygens (including phenoxy) is 1. The van der Waals surface area contributed by atoms with Crippen molar-refractivity contribution >= 4 is 32.2 Å². The number of aromatic nitrogens is 1. The Morgan fingerprint density at radius 1 is 1.21 bits per heavy atom. The average molecular weight is 416 g/mol. The molecule has 0 unspecified atom stereocenters. The van der Waals surface area contributed by atoms with Crippen molar-refractivity contribution in [3.05, 3.63) is 53.4 Å². The van der Waals surface area contributed by atoms with Crippen LogP contribution in [-0.4, -0.2) is 33.6 Å². The number of likely N-dealkylation sites (N-methyl/N-ethyl adjacent to an activating group) is 1. The average Bonchev–Trinajstić information content (AvgIpc) is 3.16. The van der Waals surface area contributed by atoms with E-state index in [4.69, 9.17) is 4.74 Å². The van der Waals surface area contributed by atoms with Gasteiger partial charge in [0.15, 0.2) is 5.13 Å². The van der Waals surface area contributed by atoms with E-state index in [2.05, 4.69) is 28.8 Å². The third-order valence-corrected chi connectivity index (χ3v) is 6.94. The third-order valence-electron chi connectivity index (χ3n) is 4.72. The SMILES string of the molecule is CCc1ccc(-c2csc(NS(=O)(=O)c3ccc4c(c3)N(C)CCO4)n2)cc1. The second kappa shape index (κ2) is 7.44. The highest BCUT2D eigenvalue weighted by molar-refractivity contribution is 7.93. The fraction of sp³-hybridized carbons (Fsp3) is 0.250. The van der Waals surface area contributed by atoms with E-state index in [1.165, 1.54) is 16.9 Å².